The topological polar surface area (TPSA) is 29.5 Å². The number of alkyl halides is 1. The molecule has 0 aromatic heterocycles. The van der Waals surface area contributed by atoms with Crippen molar-refractivity contribution >= 4 is 21.8 Å². The lowest BCUT2D eigenvalue weighted by molar-refractivity contribution is -0.136. The Morgan fingerprint density at radius 1 is 1.50 bits per heavy atom. The molecule has 0 radical (unpaired) electrons. The average Bonchev–Trinajstić information content (AvgIpc) is 2.30. The number of nitrogens with zero attached hydrogens (tertiary/aromatic N) is 1. The third-order valence-corrected chi connectivity index (χ3v) is 3.88. The van der Waals surface area contributed by atoms with Crippen LogP contribution in [0.3, 0.4) is 0 Å². The number of methoxy groups -OCH3 is 1. The molecule has 16 heavy (non-hydrogen) atoms. The molecule has 2 atom stereocenters. The zero-order valence-corrected chi connectivity index (χ0v) is 11.8. The van der Waals surface area contributed by atoms with Gasteiger partial charge in [0.1, 0.15) is 0 Å². The molecule has 0 aromatic carbocycles. The van der Waals surface area contributed by atoms with Gasteiger partial charge in [-0.25, -0.2) is 0 Å². The summed E-state index contributed by atoms with van der Waals surface area (Å²) in [6.07, 6.45) is 4.00. The van der Waals surface area contributed by atoms with Crippen molar-refractivity contribution < 1.29 is 9.53 Å². The summed E-state index contributed by atoms with van der Waals surface area (Å²) in [4.78, 5) is 13.9. The normalized spacial score (nSPS) is 25.8. The molecule has 3 nitrogen and oxygen atoms in total. The summed E-state index contributed by atoms with van der Waals surface area (Å²) in [5.41, 5.74) is 0. The van der Waals surface area contributed by atoms with Crippen molar-refractivity contribution in [3.05, 3.63) is 0 Å². The minimum atomic E-state index is 0.217. The van der Waals surface area contributed by atoms with Crippen molar-refractivity contribution in [3.8, 4) is 0 Å². The van der Waals surface area contributed by atoms with E-state index in [1.807, 2.05) is 4.90 Å². The highest BCUT2D eigenvalue weighted by molar-refractivity contribution is 9.09. The Labute approximate surface area is 107 Å². The van der Waals surface area contributed by atoms with Gasteiger partial charge in [-0.05, 0) is 25.2 Å². The van der Waals surface area contributed by atoms with E-state index in [1.165, 1.54) is 0 Å². The summed E-state index contributed by atoms with van der Waals surface area (Å²) in [7, 11) is 1.74. The van der Waals surface area contributed by atoms with E-state index in [9.17, 15) is 4.79 Å². The quantitative estimate of drug-likeness (QED) is 0.575. The van der Waals surface area contributed by atoms with E-state index in [0.29, 0.717) is 12.3 Å². The zero-order chi connectivity index (χ0) is 12.0. The van der Waals surface area contributed by atoms with Crippen LogP contribution in [-0.2, 0) is 9.53 Å². The van der Waals surface area contributed by atoms with Crippen molar-refractivity contribution in [2.75, 3.05) is 25.5 Å². The molecule has 2 unspecified atom stereocenters. The maximum Gasteiger partial charge on any atom is 0.222 e. The molecule has 94 valence electrons. The Kier molecular flexibility index (Phi) is 6.36. The summed E-state index contributed by atoms with van der Waals surface area (Å²) in [6, 6.07) is 0. The third kappa shape index (κ3) is 4.06. The number of carbonyl (C=O) groups excluding carboxylic acids is 1. The number of carbonyl (C=O) groups is 1. The Bertz CT molecular complexity index is 223. The Morgan fingerprint density at radius 2 is 2.25 bits per heavy atom. The molecular weight excluding hydrogens is 270 g/mol. The smallest absolute Gasteiger partial charge is 0.222 e. The van der Waals surface area contributed by atoms with Crippen molar-refractivity contribution in [1.82, 2.24) is 4.90 Å². The van der Waals surface area contributed by atoms with E-state index in [2.05, 4.69) is 22.9 Å². The average molecular weight is 292 g/mol. The first-order chi connectivity index (χ1) is 7.69. The van der Waals surface area contributed by atoms with Crippen LogP contribution in [0.5, 0.6) is 0 Å². The lowest BCUT2D eigenvalue weighted by Gasteiger charge is -2.36. The van der Waals surface area contributed by atoms with Gasteiger partial charge < -0.3 is 9.64 Å². The second-order valence-electron chi connectivity index (χ2n) is 4.53. The lowest BCUT2D eigenvalue weighted by atomic mass is 9.95. The number of hydrogen-bond acceptors (Lipinski definition) is 2. The number of piperidine rings is 1. The standard InChI is InChI=1S/C12H22BrNO2/c1-10-6-8-14(9-11(10)16-2)12(15)5-3-4-7-13/h10-11H,3-9H2,1-2H3. The summed E-state index contributed by atoms with van der Waals surface area (Å²) < 4.78 is 5.41. The summed E-state index contributed by atoms with van der Waals surface area (Å²) >= 11 is 3.38. The van der Waals surface area contributed by atoms with Crippen molar-refractivity contribution in [2.24, 2.45) is 5.92 Å². The summed E-state index contributed by atoms with van der Waals surface area (Å²) in [5, 5.41) is 0.984. The first-order valence-corrected chi connectivity index (χ1v) is 7.17. The number of amides is 1. The van der Waals surface area contributed by atoms with E-state index in [0.717, 1.165) is 37.7 Å². The van der Waals surface area contributed by atoms with Gasteiger partial charge in [0.25, 0.3) is 0 Å². The molecular formula is C12H22BrNO2. The molecule has 1 amide bonds. The number of rotatable bonds is 5. The van der Waals surface area contributed by atoms with Crippen molar-refractivity contribution in [2.45, 2.75) is 38.7 Å². The van der Waals surface area contributed by atoms with Gasteiger partial charge in [-0.15, -0.1) is 0 Å². The van der Waals surface area contributed by atoms with E-state index in [-0.39, 0.29) is 12.0 Å². The highest BCUT2D eigenvalue weighted by Gasteiger charge is 2.28. The molecule has 1 fully saturated rings. The van der Waals surface area contributed by atoms with Crippen LogP contribution in [0.4, 0.5) is 0 Å². The number of halogens is 1. The maximum atomic E-state index is 11.9. The largest absolute Gasteiger partial charge is 0.379 e. The van der Waals surface area contributed by atoms with Crippen LogP contribution in [0, 0.1) is 5.92 Å². The number of ether oxygens (including phenoxy) is 1. The highest BCUT2D eigenvalue weighted by atomic mass is 79.9. The predicted molar refractivity (Wildman–Crippen MR) is 68.8 cm³/mol. The predicted octanol–water partition coefficient (Wildman–Crippen LogP) is 2.44. The first-order valence-electron chi connectivity index (χ1n) is 6.05. The first kappa shape index (κ1) is 14.0. The second-order valence-corrected chi connectivity index (χ2v) is 5.32. The van der Waals surface area contributed by atoms with E-state index in [1.54, 1.807) is 7.11 Å². The van der Waals surface area contributed by atoms with Gasteiger partial charge in [-0.3, -0.25) is 4.79 Å². The van der Waals surface area contributed by atoms with Crippen LogP contribution in [0.15, 0.2) is 0 Å². The summed E-state index contributed by atoms with van der Waals surface area (Å²) in [6.45, 7) is 3.86. The SMILES string of the molecule is COC1CN(C(=O)CCCCBr)CCC1C. The van der Waals surface area contributed by atoms with Crippen LogP contribution in [0.1, 0.15) is 32.6 Å². The molecule has 1 aliphatic heterocycles. The maximum absolute atomic E-state index is 11.9. The molecule has 0 aliphatic carbocycles. The van der Waals surface area contributed by atoms with Crippen LogP contribution < -0.4 is 0 Å². The Hall–Kier alpha value is -0.0900. The van der Waals surface area contributed by atoms with Gasteiger partial charge in [-0.2, -0.15) is 0 Å². The van der Waals surface area contributed by atoms with Crippen LogP contribution >= 0.6 is 15.9 Å². The number of likely N-dealkylation sites (tertiary alicyclic amines) is 1. The molecule has 0 spiro atoms. The molecule has 1 rings (SSSR count). The van der Waals surface area contributed by atoms with E-state index < -0.39 is 0 Å². The summed E-state index contributed by atoms with van der Waals surface area (Å²) in [5.74, 6) is 0.853. The van der Waals surface area contributed by atoms with E-state index in [4.69, 9.17) is 4.74 Å². The van der Waals surface area contributed by atoms with Gasteiger partial charge in [0.05, 0.1) is 6.10 Å². The fourth-order valence-corrected chi connectivity index (χ4v) is 2.49. The Balaban J connectivity index is 2.33. The lowest BCUT2D eigenvalue weighted by Crippen LogP contribution is -2.46. The molecule has 0 bridgehead atoms. The third-order valence-electron chi connectivity index (χ3n) is 3.32. The van der Waals surface area contributed by atoms with Gasteiger partial charge in [0, 0.05) is 32.0 Å². The fourth-order valence-electron chi connectivity index (χ4n) is 2.10. The van der Waals surface area contributed by atoms with Gasteiger partial charge in [-0.1, -0.05) is 22.9 Å². The molecule has 0 saturated carbocycles. The number of unbranched alkanes of at least 4 members (excludes halogenated alkanes) is 1. The van der Waals surface area contributed by atoms with Crippen LogP contribution in [-0.4, -0.2) is 42.4 Å². The van der Waals surface area contributed by atoms with Gasteiger partial charge >= 0.3 is 0 Å². The van der Waals surface area contributed by atoms with Crippen molar-refractivity contribution in [1.29, 1.82) is 0 Å². The Morgan fingerprint density at radius 3 is 2.88 bits per heavy atom. The van der Waals surface area contributed by atoms with Crippen LogP contribution in [0.2, 0.25) is 0 Å². The van der Waals surface area contributed by atoms with Gasteiger partial charge in [0.15, 0.2) is 0 Å². The fraction of sp³-hybridized carbons (Fsp3) is 0.917. The monoisotopic (exact) mass is 291 g/mol. The molecule has 1 heterocycles. The molecule has 4 heteroatoms. The zero-order valence-electron chi connectivity index (χ0n) is 10.2. The van der Waals surface area contributed by atoms with Gasteiger partial charge in [0.2, 0.25) is 5.91 Å². The minimum absolute atomic E-state index is 0.217. The molecule has 1 saturated heterocycles. The molecule has 0 aromatic rings. The number of hydrogen-bond donors (Lipinski definition) is 0. The molecule has 1 aliphatic rings. The second kappa shape index (κ2) is 7.28. The highest BCUT2D eigenvalue weighted by Crippen LogP contribution is 2.20. The van der Waals surface area contributed by atoms with E-state index >= 15 is 0 Å². The van der Waals surface area contributed by atoms with Crippen molar-refractivity contribution in [3.63, 3.8) is 0 Å². The minimum Gasteiger partial charge on any atom is -0.379 e. The van der Waals surface area contributed by atoms with Crippen LogP contribution in [0.25, 0.3) is 0 Å². The molecule has 0 N–H and O–H groups in total.